The average molecular weight is 418 g/mol. The second-order valence-corrected chi connectivity index (χ2v) is 10.9. The van der Waals surface area contributed by atoms with Crippen molar-refractivity contribution < 1.29 is 5.11 Å². The van der Waals surface area contributed by atoms with Gasteiger partial charge < -0.3 is 10.1 Å². The van der Waals surface area contributed by atoms with Crippen molar-refractivity contribution in [3.05, 3.63) is 44.9 Å². The lowest BCUT2D eigenvalue weighted by atomic mass is 9.47. The highest BCUT2D eigenvalue weighted by atomic mass is 16.3. The topological polar surface area (TPSA) is 101 Å². The molecule has 2 N–H and O–H groups in total. The van der Waals surface area contributed by atoms with Crippen LogP contribution < -0.4 is 5.56 Å². The summed E-state index contributed by atoms with van der Waals surface area (Å²) in [7, 11) is 0. The summed E-state index contributed by atoms with van der Waals surface area (Å²) < 4.78 is 0. The summed E-state index contributed by atoms with van der Waals surface area (Å²) in [5, 5.41) is 28.9. The Kier molecular flexibility index (Phi) is 4.68. The van der Waals surface area contributed by atoms with Gasteiger partial charge >= 0.3 is 0 Å². The lowest BCUT2D eigenvalue weighted by molar-refractivity contribution is -0.0412. The van der Waals surface area contributed by atoms with Crippen LogP contribution in [0.1, 0.15) is 88.0 Å². The Morgan fingerprint density at radius 2 is 1.90 bits per heavy atom. The number of rotatable bonds is 1. The first-order chi connectivity index (χ1) is 14.8. The highest BCUT2D eigenvalue weighted by Crippen LogP contribution is 2.67. The monoisotopic (exact) mass is 417 g/mol. The third kappa shape index (κ3) is 2.86. The Labute approximate surface area is 183 Å². The number of nitriles is 2. The number of allylic oxidation sites excluding steroid dienone is 1. The Morgan fingerprint density at radius 3 is 2.65 bits per heavy atom. The molecular weight excluding hydrogens is 386 g/mol. The molecule has 162 valence electrons. The summed E-state index contributed by atoms with van der Waals surface area (Å²) >= 11 is 0. The number of aromatic nitrogens is 1. The fraction of sp³-hybridized carbons (Fsp3) is 0.654. The molecule has 4 aliphatic rings. The molecule has 1 aromatic heterocycles. The largest absolute Gasteiger partial charge is 0.393 e. The number of nitrogens with zero attached hydrogens (tertiary/aromatic N) is 2. The minimum Gasteiger partial charge on any atom is -0.393 e. The van der Waals surface area contributed by atoms with Crippen LogP contribution in [0.15, 0.2) is 22.5 Å². The van der Waals surface area contributed by atoms with E-state index in [2.05, 4.69) is 24.9 Å². The van der Waals surface area contributed by atoms with Crippen LogP contribution in [0.3, 0.4) is 0 Å². The normalized spacial score (nSPS) is 41.2. The van der Waals surface area contributed by atoms with Gasteiger partial charge in [-0.3, -0.25) is 4.79 Å². The van der Waals surface area contributed by atoms with Crippen molar-refractivity contribution in [3.63, 3.8) is 0 Å². The standard InChI is InChI=1S/C26H31N3O2/c1-25-9-7-17(30)12-16(25)3-4-18-20-5-6-22(26(20,2)10-8-21(18)25)23-11-15(13-27)19(14-28)24(31)29-23/h3,11,17-18,20-22,30H,4-10,12H2,1-2H3,(H,29,31)/t17-,18+,20+,21+,22+,25-,26-/m0/s1. The quantitative estimate of drug-likeness (QED) is 0.656. The molecule has 0 radical (unpaired) electrons. The van der Waals surface area contributed by atoms with E-state index in [0.29, 0.717) is 17.8 Å². The van der Waals surface area contributed by atoms with Crippen molar-refractivity contribution in [1.29, 1.82) is 10.5 Å². The predicted molar refractivity (Wildman–Crippen MR) is 117 cm³/mol. The smallest absolute Gasteiger partial charge is 0.267 e. The van der Waals surface area contributed by atoms with Gasteiger partial charge in [0.25, 0.3) is 5.56 Å². The molecule has 7 atom stereocenters. The third-order valence-corrected chi connectivity index (χ3v) is 9.74. The maximum Gasteiger partial charge on any atom is 0.267 e. The molecule has 3 fully saturated rings. The van der Waals surface area contributed by atoms with E-state index in [-0.39, 0.29) is 34.0 Å². The number of hydrogen-bond acceptors (Lipinski definition) is 4. The first-order valence-electron chi connectivity index (χ1n) is 11.8. The van der Waals surface area contributed by atoms with Gasteiger partial charge in [0.15, 0.2) is 0 Å². The van der Waals surface area contributed by atoms with Crippen molar-refractivity contribution >= 4 is 0 Å². The summed E-state index contributed by atoms with van der Waals surface area (Å²) in [6.07, 6.45) is 10.7. The second-order valence-electron chi connectivity index (χ2n) is 10.9. The van der Waals surface area contributed by atoms with Crippen molar-refractivity contribution in [2.75, 3.05) is 0 Å². The molecule has 1 aromatic rings. The average Bonchev–Trinajstić information content (AvgIpc) is 3.10. The molecule has 0 spiro atoms. The summed E-state index contributed by atoms with van der Waals surface area (Å²) in [4.78, 5) is 15.4. The van der Waals surface area contributed by atoms with Crippen LogP contribution in [0, 0.1) is 51.2 Å². The number of aliphatic hydroxyl groups is 1. The van der Waals surface area contributed by atoms with Gasteiger partial charge in [0.1, 0.15) is 17.7 Å². The number of H-pyrrole nitrogens is 1. The van der Waals surface area contributed by atoms with Gasteiger partial charge in [0.05, 0.1) is 11.7 Å². The van der Waals surface area contributed by atoms with E-state index >= 15 is 0 Å². The molecule has 5 rings (SSSR count). The van der Waals surface area contributed by atoms with Gasteiger partial charge in [-0.15, -0.1) is 0 Å². The van der Waals surface area contributed by atoms with E-state index in [9.17, 15) is 20.4 Å². The molecule has 5 nitrogen and oxygen atoms in total. The van der Waals surface area contributed by atoms with E-state index in [4.69, 9.17) is 0 Å². The van der Waals surface area contributed by atoms with Crippen LogP contribution in [0.4, 0.5) is 0 Å². The van der Waals surface area contributed by atoms with Crippen LogP contribution >= 0.6 is 0 Å². The Morgan fingerprint density at radius 1 is 1.10 bits per heavy atom. The summed E-state index contributed by atoms with van der Waals surface area (Å²) in [6, 6.07) is 5.69. The molecule has 4 aliphatic carbocycles. The van der Waals surface area contributed by atoms with Crippen LogP contribution in [-0.2, 0) is 0 Å². The summed E-state index contributed by atoms with van der Waals surface area (Å²) in [6.45, 7) is 4.83. The van der Waals surface area contributed by atoms with E-state index in [1.54, 1.807) is 6.07 Å². The number of fused-ring (bicyclic) bond motifs is 5. The van der Waals surface area contributed by atoms with Crippen molar-refractivity contribution in [3.8, 4) is 12.1 Å². The van der Waals surface area contributed by atoms with Crippen LogP contribution in [-0.4, -0.2) is 16.2 Å². The maximum absolute atomic E-state index is 12.5. The van der Waals surface area contributed by atoms with Crippen LogP contribution in [0.25, 0.3) is 0 Å². The molecule has 0 unspecified atom stereocenters. The predicted octanol–water partition coefficient (Wildman–Crippen LogP) is 4.53. The van der Waals surface area contributed by atoms with Crippen LogP contribution in [0.5, 0.6) is 0 Å². The molecule has 0 aliphatic heterocycles. The molecular formula is C26H31N3O2. The van der Waals surface area contributed by atoms with Crippen molar-refractivity contribution in [1.82, 2.24) is 4.98 Å². The zero-order chi connectivity index (χ0) is 22.0. The molecule has 0 saturated heterocycles. The molecule has 5 heteroatoms. The Bertz CT molecular complexity index is 1090. The molecule has 0 amide bonds. The zero-order valence-corrected chi connectivity index (χ0v) is 18.4. The van der Waals surface area contributed by atoms with Crippen molar-refractivity contribution in [2.24, 2.45) is 28.6 Å². The zero-order valence-electron chi connectivity index (χ0n) is 18.4. The highest BCUT2D eigenvalue weighted by molar-refractivity contribution is 5.45. The lowest BCUT2D eigenvalue weighted by Crippen LogP contribution is -2.50. The first kappa shape index (κ1) is 20.5. The van der Waals surface area contributed by atoms with E-state index < -0.39 is 5.56 Å². The van der Waals surface area contributed by atoms with Gasteiger partial charge in [0, 0.05) is 11.6 Å². The molecule has 1 heterocycles. The fourth-order valence-corrected chi connectivity index (χ4v) is 8.12. The number of aromatic amines is 1. The van der Waals surface area contributed by atoms with Gasteiger partial charge in [-0.25, -0.2) is 0 Å². The van der Waals surface area contributed by atoms with Gasteiger partial charge in [0.2, 0.25) is 0 Å². The lowest BCUT2D eigenvalue weighted by Gasteiger charge is -2.58. The summed E-state index contributed by atoms with van der Waals surface area (Å²) in [5.74, 6) is 2.14. The van der Waals surface area contributed by atoms with Crippen molar-refractivity contribution in [2.45, 2.75) is 77.2 Å². The minimum atomic E-state index is -0.434. The number of hydrogen-bond donors (Lipinski definition) is 2. The molecule has 0 aromatic carbocycles. The fourth-order valence-electron chi connectivity index (χ4n) is 8.12. The van der Waals surface area contributed by atoms with E-state index in [0.717, 1.165) is 50.6 Å². The summed E-state index contributed by atoms with van der Waals surface area (Å²) in [5.41, 5.74) is 2.33. The number of aliphatic hydroxyl groups excluding tert-OH is 1. The molecule has 0 bridgehead atoms. The number of nitrogens with one attached hydrogen (secondary N) is 1. The van der Waals surface area contributed by atoms with Gasteiger partial charge in [-0.05, 0) is 86.0 Å². The van der Waals surface area contributed by atoms with Crippen LogP contribution in [0.2, 0.25) is 0 Å². The second kappa shape index (κ2) is 7.07. The first-order valence-corrected chi connectivity index (χ1v) is 11.8. The highest BCUT2D eigenvalue weighted by Gasteiger charge is 2.58. The number of pyridine rings is 1. The Balaban J connectivity index is 1.49. The van der Waals surface area contributed by atoms with Gasteiger partial charge in [-0.2, -0.15) is 10.5 Å². The maximum atomic E-state index is 12.5. The Hall–Kier alpha value is -2.37. The molecule has 31 heavy (non-hydrogen) atoms. The SMILES string of the molecule is C[C@]12CC[C@@H]3[C@H](CC=C4C[C@@H](O)CC[C@@]43C)[C@H]1CC[C@@H]2c1cc(C#N)c(C#N)c(=O)[nH]1. The van der Waals surface area contributed by atoms with Gasteiger partial charge in [-0.1, -0.05) is 25.5 Å². The third-order valence-electron chi connectivity index (χ3n) is 9.74. The van der Waals surface area contributed by atoms with E-state index in [1.165, 1.54) is 12.0 Å². The molecule has 3 saturated carbocycles. The minimum absolute atomic E-state index is 0.0768. The van der Waals surface area contributed by atoms with E-state index in [1.807, 2.05) is 12.1 Å².